The molecule has 0 aromatic heterocycles. The topological polar surface area (TPSA) is 89.9 Å². The van der Waals surface area contributed by atoms with Gasteiger partial charge in [0.05, 0.1) is 17.4 Å². The first-order valence-electron chi connectivity index (χ1n) is 12.8. The van der Waals surface area contributed by atoms with E-state index in [0.717, 1.165) is 11.1 Å². The van der Waals surface area contributed by atoms with Gasteiger partial charge >= 0.3 is 12.0 Å². The number of amides is 3. The molecule has 0 saturated heterocycles. The molecule has 4 rings (SSSR count). The number of nitrogens with one attached hydrogen (secondary N) is 1. The van der Waals surface area contributed by atoms with Crippen LogP contribution >= 0.6 is 0 Å². The number of aliphatic carboxylic acids is 1. The Morgan fingerprint density at radius 1 is 0.744 bits per heavy atom. The van der Waals surface area contributed by atoms with E-state index in [1.54, 1.807) is 74.6 Å². The zero-order chi connectivity index (χ0) is 27.8. The Morgan fingerprint density at radius 2 is 1.23 bits per heavy atom. The standard InChI is InChI=1S/C32H31N3O4/c1-3-28(34(2)30(36)27-22-14-13-21-26(27)23-15-7-4-8-16-23)29(31(37)38)33-32(39)35(24-17-9-5-10-18-24)25-19-11-6-12-20-25/h4-22,28-29H,3H2,1-2H3,(H,33,39)(H,37,38)/t28-,29+/m1/s1. The number of likely N-dealkylation sites (N-methyl/N-ethyl adjacent to an activating group) is 1. The van der Waals surface area contributed by atoms with Gasteiger partial charge < -0.3 is 15.3 Å². The van der Waals surface area contributed by atoms with Crippen molar-refractivity contribution in [2.75, 3.05) is 11.9 Å². The third-order valence-corrected chi connectivity index (χ3v) is 6.64. The van der Waals surface area contributed by atoms with E-state index >= 15 is 0 Å². The van der Waals surface area contributed by atoms with Gasteiger partial charge in [0.25, 0.3) is 5.91 Å². The number of anilines is 2. The van der Waals surface area contributed by atoms with E-state index < -0.39 is 24.1 Å². The Bertz CT molecular complexity index is 1370. The molecule has 0 radical (unpaired) electrons. The second-order valence-electron chi connectivity index (χ2n) is 9.08. The van der Waals surface area contributed by atoms with Crippen molar-refractivity contribution in [1.82, 2.24) is 10.2 Å². The molecule has 0 aliphatic rings. The van der Waals surface area contributed by atoms with Gasteiger partial charge in [-0.2, -0.15) is 0 Å². The monoisotopic (exact) mass is 521 g/mol. The molecule has 0 fully saturated rings. The molecule has 7 nitrogen and oxygen atoms in total. The molecule has 198 valence electrons. The fourth-order valence-electron chi connectivity index (χ4n) is 4.67. The Kier molecular flexibility index (Phi) is 8.74. The fourth-order valence-corrected chi connectivity index (χ4v) is 4.67. The summed E-state index contributed by atoms with van der Waals surface area (Å²) in [5.74, 6) is -1.56. The van der Waals surface area contributed by atoms with Gasteiger partial charge in [0.1, 0.15) is 6.04 Å². The van der Waals surface area contributed by atoms with E-state index in [1.165, 1.54) is 9.80 Å². The number of carboxylic acids is 1. The molecule has 0 spiro atoms. The number of hydrogen-bond acceptors (Lipinski definition) is 3. The molecule has 2 atom stereocenters. The molecule has 0 saturated carbocycles. The molecule has 0 unspecified atom stereocenters. The van der Waals surface area contributed by atoms with Gasteiger partial charge in [-0.15, -0.1) is 0 Å². The normalized spacial score (nSPS) is 12.2. The van der Waals surface area contributed by atoms with Crippen LogP contribution in [0.3, 0.4) is 0 Å². The number of hydrogen-bond donors (Lipinski definition) is 2. The molecular formula is C32H31N3O4. The molecule has 0 bridgehead atoms. The first-order valence-corrected chi connectivity index (χ1v) is 12.8. The highest BCUT2D eigenvalue weighted by Gasteiger charge is 2.36. The number of carbonyl (C=O) groups is 3. The molecule has 0 heterocycles. The second-order valence-corrected chi connectivity index (χ2v) is 9.08. The van der Waals surface area contributed by atoms with E-state index in [9.17, 15) is 19.5 Å². The number of nitrogens with zero attached hydrogens (tertiary/aromatic N) is 2. The van der Waals surface area contributed by atoms with Crippen LogP contribution in [0.2, 0.25) is 0 Å². The summed E-state index contributed by atoms with van der Waals surface area (Å²) in [5, 5.41) is 12.9. The zero-order valence-electron chi connectivity index (χ0n) is 21.9. The number of carboxylic acid groups (broad SMARTS) is 1. The van der Waals surface area contributed by atoms with Crippen molar-refractivity contribution >= 4 is 29.3 Å². The van der Waals surface area contributed by atoms with Gasteiger partial charge in [-0.25, -0.2) is 9.59 Å². The van der Waals surface area contributed by atoms with Crippen LogP contribution in [-0.2, 0) is 4.79 Å². The maximum atomic E-state index is 13.7. The van der Waals surface area contributed by atoms with Gasteiger partial charge in [-0.05, 0) is 47.9 Å². The van der Waals surface area contributed by atoms with Crippen LogP contribution in [0.5, 0.6) is 0 Å². The van der Waals surface area contributed by atoms with Crippen LogP contribution in [0.4, 0.5) is 16.2 Å². The summed E-state index contributed by atoms with van der Waals surface area (Å²) in [4.78, 5) is 42.7. The summed E-state index contributed by atoms with van der Waals surface area (Å²) in [5.41, 5.74) is 3.25. The maximum absolute atomic E-state index is 13.7. The fraction of sp³-hybridized carbons (Fsp3) is 0.156. The average molecular weight is 522 g/mol. The lowest BCUT2D eigenvalue weighted by atomic mass is 9.97. The zero-order valence-corrected chi connectivity index (χ0v) is 21.9. The van der Waals surface area contributed by atoms with Gasteiger partial charge in [0.2, 0.25) is 0 Å². The molecule has 0 aliphatic carbocycles. The number of rotatable bonds is 9. The average Bonchev–Trinajstić information content (AvgIpc) is 2.98. The summed E-state index contributed by atoms with van der Waals surface area (Å²) >= 11 is 0. The van der Waals surface area contributed by atoms with Gasteiger partial charge in [-0.3, -0.25) is 9.69 Å². The van der Waals surface area contributed by atoms with Crippen molar-refractivity contribution < 1.29 is 19.5 Å². The summed E-state index contributed by atoms with van der Waals surface area (Å²) in [7, 11) is 1.58. The van der Waals surface area contributed by atoms with Crippen LogP contribution in [0.15, 0.2) is 115 Å². The van der Waals surface area contributed by atoms with Crippen LogP contribution < -0.4 is 10.2 Å². The predicted octanol–water partition coefficient (Wildman–Crippen LogP) is 6.21. The number of benzene rings is 4. The molecule has 2 N–H and O–H groups in total. The summed E-state index contributed by atoms with van der Waals surface area (Å²) in [6.45, 7) is 1.80. The number of carbonyl (C=O) groups excluding carboxylic acids is 2. The van der Waals surface area contributed by atoms with Crippen molar-refractivity contribution in [2.45, 2.75) is 25.4 Å². The highest BCUT2D eigenvalue weighted by Crippen LogP contribution is 2.27. The van der Waals surface area contributed by atoms with Crippen LogP contribution in [0.1, 0.15) is 23.7 Å². The Balaban J connectivity index is 1.64. The lowest BCUT2D eigenvalue weighted by Crippen LogP contribution is -2.57. The highest BCUT2D eigenvalue weighted by atomic mass is 16.4. The van der Waals surface area contributed by atoms with Crippen molar-refractivity contribution in [1.29, 1.82) is 0 Å². The van der Waals surface area contributed by atoms with E-state index in [1.807, 2.05) is 54.6 Å². The highest BCUT2D eigenvalue weighted by molar-refractivity contribution is 6.02. The van der Waals surface area contributed by atoms with E-state index in [2.05, 4.69) is 5.32 Å². The first-order chi connectivity index (χ1) is 18.9. The third kappa shape index (κ3) is 6.15. The minimum atomic E-state index is -1.35. The van der Waals surface area contributed by atoms with E-state index in [-0.39, 0.29) is 5.91 Å². The lowest BCUT2D eigenvalue weighted by Gasteiger charge is -2.34. The largest absolute Gasteiger partial charge is 0.480 e. The summed E-state index contributed by atoms with van der Waals surface area (Å²) < 4.78 is 0. The van der Waals surface area contributed by atoms with Crippen molar-refractivity contribution in [2.24, 2.45) is 0 Å². The van der Waals surface area contributed by atoms with Gasteiger partial charge in [0.15, 0.2) is 0 Å². The Morgan fingerprint density at radius 3 is 1.74 bits per heavy atom. The second kappa shape index (κ2) is 12.6. The molecule has 3 amide bonds. The third-order valence-electron chi connectivity index (χ3n) is 6.64. The van der Waals surface area contributed by atoms with Crippen LogP contribution in [0, 0.1) is 0 Å². The van der Waals surface area contributed by atoms with E-state index in [0.29, 0.717) is 23.4 Å². The smallest absolute Gasteiger partial charge is 0.328 e. The SMILES string of the molecule is CC[C@H]([C@H](NC(=O)N(c1ccccc1)c1ccccc1)C(=O)O)N(C)C(=O)c1ccccc1-c1ccccc1. The molecule has 4 aromatic carbocycles. The minimum absolute atomic E-state index is 0.309. The van der Waals surface area contributed by atoms with E-state index in [4.69, 9.17) is 0 Å². The van der Waals surface area contributed by atoms with Gasteiger partial charge in [-0.1, -0.05) is 91.9 Å². The molecule has 39 heavy (non-hydrogen) atoms. The summed E-state index contributed by atoms with van der Waals surface area (Å²) in [6.07, 6.45) is 0.309. The number of para-hydroxylation sites is 2. The predicted molar refractivity (Wildman–Crippen MR) is 153 cm³/mol. The first kappa shape index (κ1) is 27.1. The summed E-state index contributed by atoms with van der Waals surface area (Å²) in [6, 6.07) is 32.0. The van der Waals surface area contributed by atoms with Crippen molar-refractivity contribution in [3.05, 3.63) is 121 Å². The van der Waals surface area contributed by atoms with Crippen LogP contribution in [0.25, 0.3) is 11.1 Å². The lowest BCUT2D eigenvalue weighted by molar-refractivity contribution is -0.140. The van der Waals surface area contributed by atoms with Crippen molar-refractivity contribution in [3.8, 4) is 11.1 Å². The van der Waals surface area contributed by atoms with Crippen molar-refractivity contribution in [3.63, 3.8) is 0 Å². The molecule has 7 heteroatoms. The number of urea groups is 1. The maximum Gasteiger partial charge on any atom is 0.328 e. The van der Waals surface area contributed by atoms with Gasteiger partial charge in [0, 0.05) is 12.6 Å². The Hall–Kier alpha value is -4.91. The quantitative estimate of drug-likeness (QED) is 0.274. The minimum Gasteiger partial charge on any atom is -0.480 e. The molecular weight excluding hydrogens is 490 g/mol. The van der Waals surface area contributed by atoms with Crippen LogP contribution in [-0.4, -0.2) is 47.0 Å². The Labute approximate surface area is 228 Å². The molecule has 0 aliphatic heterocycles. The molecule has 4 aromatic rings.